The molecule has 2 rings (SSSR count). The van der Waals surface area contributed by atoms with Crippen LogP contribution in [0.25, 0.3) is 0 Å². The highest BCUT2D eigenvalue weighted by Gasteiger charge is 2.29. The summed E-state index contributed by atoms with van der Waals surface area (Å²) in [5.74, 6) is -0.240. The zero-order valence-electron chi connectivity index (χ0n) is 7.42. The van der Waals surface area contributed by atoms with Crippen LogP contribution in [-0.4, -0.2) is 45.2 Å². The summed E-state index contributed by atoms with van der Waals surface area (Å²) in [5.41, 5.74) is 0.344. The number of aromatic nitrogens is 1. The van der Waals surface area contributed by atoms with Crippen molar-refractivity contribution in [1.82, 2.24) is 9.88 Å². The maximum Gasteiger partial charge on any atom is 0.255 e. The molecule has 0 atom stereocenters. The van der Waals surface area contributed by atoms with Crippen LogP contribution >= 0.6 is 0 Å². The molecule has 74 valence electrons. The Morgan fingerprint density at radius 2 is 2.21 bits per heavy atom. The SMILES string of the molecule is O=C(c1cncc(O)c1)N1CC(O)C1. The van der Waals surface area contributed by atoms with Gasteiger partial charge in [-0.15, -0.1) is 0 Å². The Hall–Kier alpha value is -1.62. The van der Waals surface area contributed by atoms with Crippen LogP contribution in [0.3, 0.4) is 0 Å². The van der Waals surface area contributed by atoms with Crippen LogP contribution in [0, 0.1) is 0 Å². The van der Waals surface area contributed by atoms with E-state index in [1.807, 2.05) is 0 Å². The fourth-order valence-corrected chi connectivity index (χ4v) is 1.35. The molecule has 0 unspecified atom stereocenters. The van der Waals surface area contributed by atoms with Gasteiger partial charge in [-0.25, -0.2) is 0 Å². The van der Waals surface area contributed by atoms with E-state index in [-0.39, 0.29) is 11.7 Å². The first kappa shape index (κ1) is 8.96. The summed E-state index contributed by atoms with van der Waals surface area (Å²) in [6.45, 7) is 0.711. The quantitative estimate of drug-likeness (QED) is 0.638. The third-order valence-electron chi connectivity index (χ3n) is 2.12. The standard InChI is InChI=1S/C9H10N2O3/c12-7-1-6(2-10-3-7)9(14)11-4-8(13)5-11/h1-3,8,12-13H,4-5H2. The zero-order chi connectivity index (χ0) is 10.1. The van der Waals surface area contributed by atoms with Crippen molar-refractivity contribution in [3.8, 4) is 5.75 Å². The van der Waals surface area contributed by atoms with E-state index < -0.39 is 6.10 Å². The highest BCUT2D eigenvalue weighted by atomic mass is 16.3. The van der Waals surface area contributed by atoms with Crippen molar-refractivity contribution in [2.45, 2.75) is 6.10 Å². The molecule has 5 nitrogen and oxygen atoms in total. The average molecular weight is 194 g/mol. The Labute approximate surface area is 80.6 Å². The minimum absolute atomic E-state index is 0.0306. The zero-order valence-corrected chi connectivity index (χ0v) is 7.42. The lowest BCUT2D eigenvalue weighted by molar-refractivity contribution is 0.00585. The van der Waals surface area contributed by atoms with E-state index in [1.165, 1.54) is 23.4 Å². The topological polar surface area (TPSA) is 73.7 Å². The van der Waals surface area contributed by atoms with Crippen molar-refractivity contribution >= 4 is 5.91 Å². The second-order valence-electron chi connectivity index (χ2n) is 3.30. The van der Waals surface area contributed by atoms with Crippen molar-refractivity contribution in [3.05, 3.63) is 24.0 Å². The minimum atomic E-state index is -0.413. The van der Waals surface area contributed by atoms with Gasteiger partial charge >= 0.3 is 0 Å². The first-order chi connectivity index (χ1) is 6.66. The Morgan fingerprint density at radius 3 is 2.79 bits per heavy atom. The number of hydrogen-bond donors (Lipinski definition) is 2. The van der Waals surface area contributed by atoms with Crippen molar-refractivity contribution in [1.29, 1.82) is 0 Å². The summed E-state index contributed by atoms with van der Waals surface area (Å²) in [4.78, 5) is 16.8. The molecule has 0 radical (unpaired) electrons. The largest absolute Gasteiger partial charge is 0.506 e. The van der Waals surface area contributed by atoms with Crippen LogP contribution < -0.4 is 0 Å². The number of aliphatic hydroxyl groups is 1. The molecule has 5 heteroatoms. The number of β-amino-alcohol motifs (C(OH)–C–C–N with tert-alkyl or cyclic N) is 1. The van der Waals surface area contributed by atoms with Crippen molar-refractivity contribution in [3.63, 3.8) is 0 Å². The van der Waals surface area contributed by atoms with Crippen molar-refractivity contribution < 1.29 is 15.0 Å². The summed E-state index contributed by atoms with van der Waals surface area (Å²) in [7, 11) is 0. The predicted octanol–water partition coefficient (Wildman–Crippen LogP) is -0.396. The van der Waals surface area contributed by atoms with Gasteiger partial charge in [0, 0.05) is 19.3 Å². The highest BCUT2D eigenvalue weighted by Crippen LogP contribution is 2.15. The Balaban J connectivity index is 2.12. The van der Waals surface area contributed by atoms with Gasteiger partial charge in [0.05, 0.1) is 17.9 Å². The van der Waals surface area contributed by atoms with Crippen LogP contribution in [0.5, 0.6) is 5.75 Å². The van der Waals surface area contributed by atoms with Gasteiger partial charge in [-0.3, -0.25) is 9.78 Å². The van der Waals surface area contributed by atoms with Crippen LogP contribution in [0.15, 0.2) is 18.5 Å². The molecule has 1 saturated heterocycles. The van der Waals surface area contributed by atoms with Gasteiger partial charge in [0.2, 0.25) is 0 Å². The van der Waals surface area contributed by atoms with Gasteiger partial charge in [-0.1, -0.05) is 0 Å². The van der Waals surface area contributed by atoms with E-state index in [2.05, 4.69) is 4.98 Å². The van der Waals surface area contributed by atoms with Crippen LogP contribution in [0.1, 0.15) is 10.4 Å². The number of aliphatic hydroxyl groups excluding tert-OH is 1. The lowest BCUT2D eigenvalue weighted by atomic mass is 10.1. The second kappa shape index (κ2) is 3.26. The number of rotatable bonds is 1. The predicted molar refractivity (Wildman–Crippen MR) is 47.8 cm³/mol. The molecule has 0 spiro atoms. The first-order valence-corrected chi connectivity index (χ1v) is 4.28. The van der Waals surface area contributed by atoms with Gasteiger partial charge in [0.15, 0.2) is 0 Å². The van der Waals surface area contributed by atoms with Crippen LogP contribution in [-0.2, 0) is 0 Å². The van der Waals surface area contributed by atoms with E-state index >= 15 is 0 Å². The Kier molecular flexibility index (Phi) is 2.09. The first-order valence-electron chi connectivity index (χ1n) is 4.28. The van der Waals surface area contributed by atoms with Crippen molar-refractivity contribution in [2.75, 3.05) is 13.1 Å². The summed E-state index contributed by atoms with van der Waals surface area (Å²) in [6.07, 6.45) is 2.25. The molecule has 1 fully saturated rings. The molecular formula is C9H10N2O3. The van der Waals surface area contributed by atoms with Gasteiger partial charge in [0.1, 0.15) is 5.75 Å². The molecule has 1 aliphatic heterocycles. The molecule has 2 heterocycles. The Bertz CT molecular complexity index is 361. The third kappa shape index (κ3) is 1.54. The number of aromatic hydroxyl groups is 1. The molecule has 1 amide bonds. The number of amides is 1. The molecule has 0 bridgehead atoms. The fourth-order valence-electron chi connectivity index (χ4n) is 1.35. The van der Waals surface area contributed by atoms with E-state index in [1.54, 1.807) is 0 Å². The highest BCUT2D eigenvalue weighted by molar-refractivity contribution is 5.94. The Morgan fingerprint density at radius 1 is 1.50 bits per heavy atom. The minimum Gasteiger partial charge on any atom is -0.506 e. The molecule has 0 aromatic carbocycles. The van der Waals surface area contributed by atoms with Crippen LogP contribution in [0.4, 0.5) is 0 Å². The smallest absolute Gasteiger partial charge is 0.255 e. The van der Waals surface area contributed by atoms with E-state index in [0.717, 1.165) is 0 Å². The van der Waals surface area contributed by atoms with Gasteiger partial charge in [0.25, 0.3) is 5.91 Å². The summed E-state index contributed by atoms with van der Waals surface area (Å²) in [5, 5.41) is 18.1. The molecule has 0 aliphatic carbocycles. The fraction of sp³-hybridized carbons (Fsp3) is 0.333. The molecule has 14 heavy (non-hydrogen) atoms. The third-order valence-corrected chi connectivity index (χ3v) is 2.12. The molecular weight excluding hydrogens is 184 g/mol. The molecule has 1 aromatic rings. The van der Waals surface area contributed by atoms with Gasteiger partial charge in [-0.2, -0.15) is 0 Å². The normalized spacial score (nSPS) is 16.5. The summed E-state index contributed by atoms with van der Waals surface area (Å²) >= 11 is 0. The van der Waals surface area contributed by atoms with Gasteiger partial charge < -0.3 is 15.1 Å². The average Bonchev–Trinajstić information content (AvgIpc) is 2.12. The van der Waals surface area contributed by atoms with E-state index in [4.69, 9.17) is 10.2 Å². The second-order valence-corrected chi connectivity index (χ2v) is 3.30. The van der Waals surface area contributed by atoms with Crippen molar-refractivity contribution in [2.24, 2.45) is 0 Å². The van der Waals surface area contributed by atoms with E-state index in [0.29, 0.717) is 18.7 Å². The van der Waals surface area contributed by atoms with E-state index in [9.17, 15) is 4.79 Å². The lowest BCUT2D eigenvalue weighted by Gasteiger charge is -2.35. The number of hydrogen-bond acceptors (Lipinski definition) is 4. The van der Waals surface area contributed by atoms with Crippen LogP contribution in [0.2, 0.25) is 0 Å². The molecule has 2 N–H and O–H groups in total. The maximum absolute atomic E-state index is 11.6. The lowest BCUT2D eigenvalue weighted by Crippen LogP contribution is -2.53. The number of nitrogens with zero attached hydrogens (tertiary/aromatic N) is 2. The monoisotopic (exact) mass is 194 g/mol. The summed E-state index contributed by atoms with van der Waals surface area (Å²) in [6, 6.07) is 1.36. The molecule has 1 aromatic heterocycles. The number of likely N-dealkylation sites (tertiary alicyclic amines) is 1. The maximum atomic E-state index is 11.6. The summed E-state index contributed by atoms with van der Waals surface area (Å²) < 4.78 is 0. The number of pyridine rings is 1. The molecule has 0 saturated carbocycles. The van der Waals surface area contributed by atoms with Gasteiger partial charge in [-0.05, 0) is 6.07 Å². The number of carbonyl (C=O) groups excluding carboxylic acids is 1. The number of carbonyl (C=O) groups is 1. The molecule has 1 aliphatic rings.